The van der Waals surface area contributed by atoms with E-state index in [4.69, 9.17) is 5.11 Å². The predicted octanol–water partition coefficient (Wildman–Crippen LogP) is 1.66. The molecule has 1 rings (SSSR count). The number of aryl methyl sites for hydroxylation is 1. The zero-order valence-electron chi connectivity index (χ0n) is 6.10. The predicted molar refractivity (Wildman–Crippen MR) is 42.7 cm³/mol. The Labute approximate surface area is 71.4 Å². The first kappa shape index (κ1) is 8.66. The van der Waals surface area contributed by atoms with Gasteiger partial charge in [0.15, 0.2) is 4.88 Å². The Morgan fingerprint density at radius 1 is 1.75 bits per heavy atom. The Hall–Kier alpha value is -1.43. The van der Waals surface area contributed by atoms with Crippen LogP contribution in [0.4, 0.5) is 5.69 Å². The maximum absolute atomic E-state index is 10.4. The lowest BCUT2D eigenvalue weighted by atomic mass is 10.4. The third-order valence-corrected chi connectivity index (χ3v) is 2.25. The molecule has 0 aliphatic carbocycles. The number of carboxylic acids is 1. The summed E-state index contributed by atoms with van der Waals surface area (Å²) in [5.74, 6) is -1.25. The summed E-state index contributed by atoms with van der Waals surface area (Å²) in [5.41, 5.74) is -0.329. The van der Waals surface area contributed by atoms with Crippen LogP contribution >= 0.6 is 11.3 Å². The fourth-order valence-corrected chi connectivity index (χ4v) is 1.61. The summed E-state index contributed by atoms with van der Waals surface area (Å²) in [7, 11) is 0. The molecule has 0 aliphatic heterocycles. The van der Waals surface area contributed by atoms with Crippen molar-refractivity contribution in [2.75, 3.05) is 0 Å². The van der Waals surface area contributed by atoms with Gasteiger partial charge in [0.2, 0.25) is 0 Å². The van der Waals surface area contributed by atoms with Gasteiger partial charge in [-0.05, 0) is 6.92 Å². The minimum absolute atomic E-state index is 0.211. The third kappa shape index (κ3) is 1.42. The standard InChI is InChI=1S/C6H5NO4S/c1-3-2-4(7(10)11)5(12-3)6(8)9/h2H,1H3,(H,8,9). The van der Waals surface area contributed by atoms with Crippen LogP contribution in [-0.2, 0) is 0 Å². The molecule has 64 valence electrons. The number of nitro groups is 1. The fourth-order valence-electron chi connectivity index (χ4n) is 0.790. The van der Waals surface area contributed by atoms with Crippen molar-refractivity contribution in [2.45, 2.75) is 6.92 Å². The lowest BCUT2D eigenvalue weighted by molar-refractivity contribution is -0.384. The Bertz CT molecular complexity index is 312. The van der Waals surface area contributed by atoms with Crippen molar-refractivity contribution in [3.05, 3.63) is 25.9 Å². The molecule has 0 unspecified atom stereocenters. The maximum Gasteiger partial charge on any atom is 0.353 e. The number of thiophene rings is 1. The molecule has 0 spiro atoms. The zero-order valence-corrected chi connectivity index (χ0v) is 6.92. The molecule has 0 saturated heterocycles. The number of aromatic carboxylic acids is 1. The van der Waals surface area contributed by atoms with Gasteiger partial charge < -0.3 is 5.11 Å². The van der Waals surface area contributed by atoms with E-state index in [1.165, 1.54) is 6.07 Å². The van der Waals surface area contributed by atoms with Crippen LogP contribution in [0.2, 0.25) is 0 Å². The maximum atomic E-state index is 10.4. The molecule has 0 fully saturated rings. The first-order chi connectivity index (χ1) is 5.52. The van der Waals surface area contributed by atoms with Crippen molar-refractivity contribution in [3.8, 4) is 0 Å². The van der Waals surface area contributed by atoms with Crippen molar-refractivity contribution < 1.29 is 14.8 Å². The molecule has 0 saturated carbocycles. The highest BCUT2D eigenvalue weighted by Crippen LogP contribution is 2.28. The quantitative estimate of drug-likeness (QED) is 0.564. The van der Waals surface area contributed by atoms with Gasteiger partial charge in [-0.1, -0.05) is 0 Å². The minimum Gasteiger partial charge on any atom is -0.477 e. The van der Waals surface area contributed by atoms with E-state index in [9.17, 15) is 14.9 Å². The lowest BCUT2D eigenvalue weighted by Crippen LogP contribution is -1.97. The Morgan fingerprint density at radius 2 is 2.33 bits per heavy atom. The van der Waals surface area contributed by atoms with E-state index in [1.807, 2.05) is 0 Å². The van der Waals surface area contributed by atoms with Crippen LogP contribution in [0.25, 0.3) is 0 Å². The minimum atomic E-state index is -1.25. The second-order valence-electron chi connectivity index (χ2n) is 2.13. The molecule has 0 aliphatic rings. The summed E-state index contributed by atoms with van der Waals surface area (Å²) in [6.45, 7) is 1.63. The van der Waals surface area contributed by atoms with Crippen LogP contribution in [0.3, 0.4) is 0 Å². The zero-order chi connectivity index (χ0) is 9.30. The highest BCUT2D eigenvalue weighted by molar-refractivity contribution is 7.14. The first-order valence-electron chi connectivity index (χ1n) is 3.00. The van der Waals surface area contributed by atoms with E-state index in [0.29, 0.717) is 4.88 Å². The molecular formula is C6H5NO4S. The van der Waals surface area contributed by atoms with Crippen LogP contribution in [0.5, 0.6) is 0 Å². The molecule has 5 nitrogen and oxygen atoms in total. The monoisotopic (exact) mass is 187 g/mol. The average Bonchev–Trinajstić information content (AvgIpc) is 2.31. The average molecular weight is 187 g/mol. The van der Waals surface area contributed by atoms with E-state index in [1.54, 1.807) is 6.92 Å². The highest BCUT2D eigenvalue weighted by Gasteiger charge is 2.22. The molecule has 1 N–H and O–H groups in total. The molecule has 0 atom stereocenters. The number of carboxylic acid groups (broad SMARTS) is 1. The highest BCUT2D eigenvalue weighted by atomic mass is 32.1. The number of rotatable bonds is 2. The number of carbonyl (C=O) groups is 1. The number of nitrogens with zero attached hydrogens (tertiary/aromatic N) is 1. The molecule has 6 heteroatoms. The second kappa shape index (κ2) is 2.90. The Kier molecular flexibility index (Phi) is 2.09. The molecule has 0 bridgehead atoms. The van der Waals surface area contributed by atoms with Crippen LogP contribution in [0, 0.1) is 17.0 Å². The van der Waals surface area contributed by atoms with Gasteiger partial charge in [-0.25, -0.2) is 4.79 Å². The van der Waals surface area contributed by atoms with Gasteiger partial charge in [-0.2, -0.15) is 0 Å². The van der Waals surface area contributed by atoms with Gasteiger partial charge in [0.25, 0.3) is 5.69 Å². The summed E-state index contributed by atoms with van der Waals surface area (Å²) in [5, 5.41) is 18.8. The van der Waals surface area contributed by atoms with Crippen molar-refractivity contribution in [1.29, 1.82) is 0 Å². The van der Waals surface area contributed by atoms with E-state index < -0.39 is 10.9 Å². The van der Waals surface area contributed by atoms with E-state index in [-0.39, 0.29) is 10.6 Å². The van der Waals surface area contributed by atoms with Gasteiger partial charge in [0.05, 0.1) is 4.92 Å². The van der Waals surface area contributed by atoms with Crippen molar-refractivity contribution in [3.63, 3.8) is 0 Å². The van der Waals surface area contributed by atoms with Gasteiger partial charge in [-0.3, -0.25) is 10.1 Å². The van der Waals surface area contributed by atoms with Gasteiger partial charge in [-0.15, -0.1) is 11.3 Å². The number of hydrogen-bond acceptors (Lipinski definition) is 4. The molecule has 0 amide bonds. The third-order valence-electron chi connectivity index (χ3n) is 1.23. The SMILES string of the molecule is Cc1cc([N+](=O)[O-])c(C(=O)O)s1. The summed E-state index contributed by atoms with van der Waals surface area (Å²) >= 11 is 0.910. The molecule has 12 heavy (non-hydrogen) atoms. The molecule has 1 aromatic rings. The van der Waals surface area contributed by atoms with Gasteiger partial charge >= 0.3 is 5.97 Å². The largest absolute Gasteiger partial charge is 0.477 e. The normalized spacial score (nSPS) is 9.75. The van der Waals surface area contributed by atoms with Crippen molar-refractivity contribution in [2.24, 2.45) is 0 Å². The molecule has 0 aromatic carbocycles. The summed E-state index contributed by atoms with van der Waals surface area (Å²) < 4.78 is 0. The van der Waals surface area contributed by atoms with Crippen molar-refractivity contribution in [1.82, 2.24) is 0 Å². The smallest absolute Gasteiger partial charge is 0.353 e. The van der Waals surface area contributed by atoms with E-state index in [0.717, 1.165) is 11.3 Å². The van der Waals surface area contributed by atoms with Crippen LogP contribution in [0.15, 0.2) is 6.07 Å². The Balaban J connectivity index is 3.26. The summed E-state index contributed by atoms with van der Waals surface area (Å²) in [6.07, 6.45) is 0. The van der Waals surface area contributed by atoms with Crippen LogP contribution in [-0.4, -0.2) is 16.0 Å². The van der Waals surface area contributed by atoms with Crippen LogP contribution in [0.1, 0.15) is 14.5 Å². The second-order valence-corrected chi connectivity index (χ2v) is 3.39. The van der Waals surface area contributed by atoms with Crippen molar-refractivity contribution >= 4 is 23.0 Å². The fraction of sp³-hybridized carbons (Fsp3) is 0.167. The lowest BCUT2D eigenvalue weighted by Gasteiger charge is -1.86. The summed E-state index contributed by atoms with van der Waals surface area (Å²) in [4.78, 5) is 20.5. The van der Waals surface area contributed by atoms with E-state index in [2.05, 4.69) is 0 Å². The Morgan fingerprint density at radius 3 is 2.67 bits per heavy atom. The van der Waals surface area contributed by atoms with Gasteiger partial charge in [0, 0.05) is 10.9 Å². The number of hydrogen-bond donors (Lipinski definition) is 1. The summed E-state index contributed by atoms with van der Waals surface area (Å²) in [6, 6.07) is 1.26. The van der Waals surface area contributed by atoms with Gasteiger partial charge in [0.1, 0.15) is 0 Å². The molecule has 1 heterocycles. The first-order valence-corrected chi connectivity index (χ1v) is 3.82. The molecular weight excluding hydrogens is 182 g/mol. The molecule has 1 aromatic heterocycles. The topological polar surface area (TPSA) is 80.4 Å². The van der Waals surface area contributed by atoms with Crippen LogP contribution < -0.4 is 0 Å². The molecule has 0 radical (unpaired) electrons. The van der Waals surface area contributed by atoms with E-state index >= 15 is 0 Å².